The lowest BCUT2D eigenvalue weighted by Crippen LogP contribution is -2.25. The molecule has 0 aliphatic rings. The van der Waals surface area contributed by atoms with Gasteiger partial charge in [0.05, 0.1) is 5.56 Å². The summed E-state index contributed by atoms with van der Waals surface area (Å²) in [6.07, 6.45) is 3.82. The fourth-order valence-electron chi connectivity index (χ4n) is 1.83. The van der Waals surface area contributed by atoms with E-state index in [0.29, 0.717) is 31.2 Å². The highest BCUT2D eigenvalue weighted by atomic mass is 16.5. The van der Waals surface area contributed by atoms with Gasteiger partial charge in [0.2, 0.25) is 5.95 Å². The number of amides is 1. The lowest BCUT2D eigenvalue weighted by molar-refractivity contribution is 0.0948. The van der Waals surface area contributed by atoms with Crippen molar-refractivity contribution in [3.63, 3.8) is 0 Å². The number of rotatable bonds is 8. The van der Waals surface area contributed by atoms with Gasteiger partial charge < -0.3 is 15.4 Å². The van der Waals surface area contributed by atoms with Crippen LogP contribution < -0.4 is 10.6 Å². The number of anilines is 1. The maximum atomic E-state index is 11.8. The van der Waals surface area contributed by atoms with Gasteiger partial charge in [-0.3, -0.25) is 4.79 Å². The Labute approximate surface area is 129 Å². The number of carbonyl (C=O) groups is 1. The number of methoxy groups -OCH3 is 1. The zero-order chi connectivity index (χ0) is 15.6. The molecule has 1 amide bonds. The van der Waals surface area contributed by atoms with Crippen LogP contribution in [-0.2, 0) is 11.3 Å². The van der Waals surface area contributed by atoms with Gasteiger partial charge in [-0.2, -0.15) is 0 Å². The standard InChI is InChI=1S/C16H20N4O2/c1-22-9-5-8-17-15(21)14-11-19-16(20-12-14)18-10-13-6-3-2-4-7-13/h2-4,6-7,11-12H,5,8-10H2,1H3,(H,17,21)(H,18,19,20). The quantitative estimate of drug-likeness (QED) is 0.728. The summed E-state index contributed by atoms with van der Waals surface area (Å²) in [6, 6.07) is 9.98. The van der Waals surface area contributed by atoms with Crippen LogP contribution in [0.2, 0.25) is 0 Å². The van der Waals surface area contributed by atoms with Crippen molar-refractivity contribution in [3.05, 3.63) is 53.9 Å². The Balaban J connectivity index is 1.81. The van der Waals surface area contributed by atoms with Crippen LogP contribution in [0.15, 0.2) is 42.7 Å². The molecule has 0 spiro atoms. The molecule has 0 atom stereocenters. The number of benzene rings is 1. The van der Waals surface area contributed by atoms with Gasteiger partial charge in [-0.1, -0.05) is 30.3 Å². The van der Waals surface area contributed by atoms with Crippen molar-refractivity contribution in [2.75, 3.05) is 25.6 Å². The normalized spacial score (nSPS) is 10.2. The molecule has 0 saturated carbocycles. The minimum atomic E-state index is -0.175. The van der Waals surface area contributed by atoms with Crippen LogP contribution >= 0.6 is 0 Å². The number of nitrogens with zero attached hydrogens (tertiary/aromatic N) is 2. The van der Waals surface area contributed by atoms with Gasteiger partial charge in [-0.15, -0.1) is 0 Å². The van der Waals surface area contributed by atoms with E-state index in [4.69, 9.17) is 4.74 Å². The minimum Gasteiger partial charge on any atom is -0.385 e. The van der Waals surface area contributed by atoms with Crippen molar-refractivity contribution in [2.45, 2.75) is 13.0 Å². The van der Waals surface area contributed by atoms with Crippen molar-refractivity contribution in [1.29, 1.82) is 0 Å². The highest BCUT2D eigenvalue weighted by Gasteiger charge is 2.06. The molecule has 2 rings (SSSR count). The summed E-state index contributed by atoms with van der Waals surface area (Å²) in [5, 5.41) is 5.91. The van der Waals surface area contributed by atoms with Crippen molar-refractivity contribution in [1.82, 2.24) is 15.3 Å². The van der Waals surface area contributed by atoms with E-state index in [1.807, 2.05) is 30.3 Å². The van der Waals surface area contributed by atoms with Crippen LogP contribution in [0.25, 0.3) is 0 Å². The number of hydrogen-bond donors (Lipinski definition) is 2. The molecule has 1 heterocycles. The molecule has 6 heteroatoms. The molecular weight excluding hydrogens is 280 g/mol. The molecular formula is C16H20N4O2. The third-order valence-electron chi connectivity index (χ3n) is 3.02. The first-order chi connectivity index (χ1) is 10.8. The molecule has 2 aromatic rings. The smallest absolute Gasteiger partial charge is 0.254 e. The molecule has 0 aliphatic carbocycles. The molecule has 1 aromatic heterocycles. The molecule has 0 unspecified atom stereocenters. The lowest BCUT2D eigenvalue weighted by atomic mass is 10.2. The minimum absolute atomic E-state index is 0.175. The van der Waals surface area contributed by atoms with E-state index in [1.54, 1.807) is 7.11 Å². The number of hydrogen-bond acceptors (Lipinski definition) is 5. The van der Waals surface area contributed by atoms with Crippen molar-refractivity contribution in [2.24, 2.45) is 0 Å². The average molecular weight is 300 g/mol. The fraction of sp³-hybridized carbons (Fsp3) is 0.312. The van der Waals surface area contributed by atoms with Crippen LogP contribution in [-0.4, -0.2) is 36.1 Å². The number of aromatic nitrogens is 2. The second kappa shape index (κ2) is 8.74. The van der Waals surface area contributed by atoms with Gasteiger partial charge >= 0.3 is 0 Å². The van der Waals surface area contributed by atoms with E-state index in [0.717, 1.165) is 12.0 Å². The summed E-state index contributed by atoms with van der Waals surface area (Å²) >= 11 is 0. The van der Waals surface area contributed by atoms with E-state index in [9.17, 15) is 4.79 Å². The van der Waals surface area contributed by atoms with Crippen LogP contribution in [0.3, 0.4) is 0 Å². The maximum Gasteiger partial charge on any atom is 0.254 e. The first-order valence-corrected chi connectivity index (χ1v) is 7.16. The summed E-state index contributed by atoms with van der Waals surface area (Å²) in [6.45, 7) is 1.84. The maximum absolute atomic E-state index is 11.8. The van der Waals surface area contributed by atoms with Gasteiger partial charge in [0, 0.05) is 39.2 Å². The Hall–Kier alpha value is -2.47. The molecule has 1 aromatic carbocycles. The van der Waals surface area contributed by atoms with Gasteiger partial charge in [0.1, 0.15) is 0 Å². The van der Waals surface area contributed by atoms with Crippen molar-refractivity contribution in [3.8, 4) is 0 Å². The number of nitrogens with one attached hydrogen (secondary N) is 2. The highest BCUT2D eigenvalue weighted by Crippen LogP contribution is 2.04. The van der Waals surface area contributed by atoms with Crippen LogP contribution in [0.1, 0.15) is 22.3 Å². The summed E-state index contributed by atoms with van der Waals surface area (Å²) in [7, 11) is 1.64. The van der Waals surface area contributed by atoms with E-state index >= 15 is 0 Å². The molecule has 2 N–H and O–H groups in total. The third-order valence-corrected chi connectivity index (χ3v) is 3.02. The molecule has 6 nitrogen and oxygen atoms in total. The Morgan fingerprint density at radius 2 is 1.91 bits per heavy atom. The lowest BCUT2D eigenvalue weighted by Gasteiger charge is -2.06. The fourth-order valence-corrected chi connectivity index (χ4v) is 1.83. The monoisotopic (exact) mass is 300 g/mol. The second-order valence-electron chi connectivity index (χ2n) is 4.74. The predicted octanol–water partition coefficient (Wildman–Crippen LogP) is 1.85. The Kier molecular flexibility index (Phi) is 6.32. The number of carbonyl (C=O) groups excluding carboxylic acids is 1. The SMILES string of the molecule is COCCCNC(=O)c1cnc(NCc2ccccc2)nc1. The Bertz CT molecular complexity index is 572. The molecule has 0 radical (unpaired) electrons. The van der Waals surface area contributed by atoms with E-state index in [1.165, 1.54) is 12.4 Å². The van der Waals surface area contributed by atoms with Gasteiger partial charge in [-0.05, 0) is 12.0 Å². The summed E-state index contributed by atoms with van der Waals surface area (Å²) in [5.41, 5.74) is 1.59. The molecule has 0 fully saturated rings. The molecule has 0 bridgehead atoms. The predicted molar refractivity (Wildman–Crippen MR) is 84.6 cm³/mol. The van der Waals surface area contributed by atoms with Gasteiger partial charge in [-0.25, -0.2) is 9.97 Å². The first-order valence-electron chi connectivity index (χ1n) is 7.16. The highest BCUT2D eigenvalue weighted by molar-refractivity contribution is 5.93. The average Bonchev–Trinajstić information content (AvgIpc) is 2.58. The molecule has 0 saturated heterocycles. The largest absolute Gasteiger partial charge is 0.385 e. The van der Waals surface area contributed by atoms with Crippen molar-refractivity contribution >= 4 is 11.9 Å². The Morgan fingerprint density at radius 3 is 2.59 bits per heavy atom. The van der Waals surface area contributed by atoms with Crippen LogP contribution in [0.5, 0.6) is 0 Å². The van der Waals surface area contributed by atoms with E-state index in [-0.39, 0.29) is 5.91 Å². The zero-order valence-corrected chi connectivity index (χ0v) is 12.6. The second-order valence-corrected chi connectivity index (χ2v) is 4.74. The van der Waals surface area contributed by atoms with Gasteiger partial charge in [0.15, 0.2) is 0 Å². The number of ether oxygens (including phenoxy) is 1. The summed E-state index contributed by atoms with van der Waals surface area (Å²) in [5.74, 6) is 0.325. The van der Waals surface area contributed by atoms with E-state index < -0.39 is 0 Å². The molecule has 22 heavy (non-hydrogen) atoms. The summed E-state index contributed by atoms with van der Waals surface area (Å²) < 4.78 is 4.92. The van der Waals surface area contributed by atoms with Gasteiger partial charge in [0.25, 0.3) is 5.91 Å². The van der Waals surface area contributed by atoms with Crippen LogP contribution in [0.4, 0.5) is 5.95 Å². The topological polar surface area (TPSA) is 76.1 Å². The summed E-state index contributed by atoms with van der Waals surface area (Å²) in [4.78, 5) is 20.1. The van der Waals surface area contributed by atoms with Crippen molar-refractivity contribution < 1.29 is 9.53 Å². The van der Waals surface area contributed by atoms with Crippen LogP contribution in [0, 0.1) is 0 Å². The Morgan fingerprint density at radius 1 is 1.18 bits per heavy atom. The molecule has 116 valence electrons. The molecule has 0 aliphatic heterocycles. The first kappa shape index (κ1) is 15.9. The third kappa shape index (κ3) is 5.14. The zero-order valence-electron chi connectivity index (χ0n) is 12.6. The van der Waals surface area contributed by atoms with E-state index in [2.05, 4.69) is 20.6 Å².